The third-order valence-corrected chi connectivity index (χ3v) is 5.63. The molecule has 1 fully saturated rings. The summed E-state index contributed by atoms with van der Waals surface area (Å²) in [5.41, 5.74) is 1.12. The molecule has 1 aromatic carbocycles. The molecule has 0 spiro atoms. The Kier molecular flexibility index (Phi) is 4.10. The molecule has 1 saturated heterocycles. The highest BCUT2D eigenvalue weighted by Crippen LogP contribution is 2.30. The van der Waals surface area contributed by atoms with Crippen molar-refractivity contribution >= 4 is 15.7 Å². The Labute approximate surface area is 118 Å². The zero-order valence-electron chi connectivity index (χ0n) is 11.6. The second kappa shape index (κ2) is 5.49. The smallest absolute Gasteiger partial charge is 0.258 e. The molecule has 0 amide bonds. The lowest BCUT2D eigenvalue weighted by molar-refractivity contribution is -0.387. The Morgan fingerprint density at radius 1 is 1.10 bits per heavy atom. The van der Waals surface area contributed by atoms with Crippen molar-refractivity contribution in [2.45, 2.75) is 38.0 Å². The van der Waals surface area contributed by atoms with Gasteiger partial charge in [0.25, 0.3) is 5.69 Å². The second-order valence-electron chi connectivity index (χ2n) is 5.13. The van der Waals surface area contributed by atoms with Gasteiger partial charge in [-0.25, -0.2) is 8.42 Å². The molecule has 1 heterocycles. The lowest BCUT2D eigenvalue weighted by atomic mass is 10.1. The molecule has 2 rings (SSSR count). The van der Waals surface area contributed by atoms with Crippen LogP contribution in [0.5, 0.6) is 0 Å². The lowest BCUT2D eigenvalue weighted by Crippen LogP contribution is -2.36. The molecule has 1 aliphatic heterocycles. The maximum atomic E-state index is 12.6. The third kappa shape index (κ3) is 2.69. The Morgan fingerprint density at radius 2 is 1.65 bits per heavy atom. The molecule has 110 valence electrons. The number of piperidine rings is 1. The van der Waals surface area contributed by atoms with Crippen LogP contribution in [-0.2, 0) is 10.0 Å². The second-order valence-corrected chi connectivity index (χ2v) is 7.03. The summed E-state index contributed by atoms with van der Waals surface area (Å²) in [4.78, 5) is 10.3. The number of nitro groups is 1. The van der Waals surface area contributed by atoms with E-state index in [1.807, 2.05) is 0 Å². The SMILES string of the molecule is Cc1cc([N+](=O)[O-])c(S(=O)(=O)N2CCCCC2)cc1C. The summed E-state index contributed by atoms with van der Waals surface area (Å²) in [6.07, 6.45) is 2.61. The Morgan fingerprint density at radius 3 is 2.20 bits per heavy atom. The molecule has 0 aromatic heterocycles. The number of rotatable bonds is 3. The number of nitro benzene ring substituents is 1. The summed E-state index contributed by atoms with van der Waals surface area (Å²) in [7, 11) is -3.79. The van der Waals surface area contributed by atoms with Crippen molar-refractivity contribution in [3.05, 3.63) is 33.4 Å². The number of hydrogen-bond donors (Lipinski definition) is 0. The Hall–Kier alpha value is -1.47. The van der Waals surface area contributed by atoms with Crippen molar-refractivity contribution in [2.75, 3.05) is 13.1 Å². The zero-order chi connectivity index (χ0) is 14.9. The van der Waals surface area contributed by atoms with E-state index in [4.69, 9.17) is 0 Å². The summed E-state index contributed by atoms with van der Waals surface area (Å²) < 4.78 is 26.5. The minimum atomic E-state index is -3.79. The highest BCUT2D eigenvalue weighted by atomic mass is 32.2. The minimum Gasteiger partial charge on any atom is -0.258 e. The topological polar surface area (TPSA) is 80.5 Å². The van der Waals surface area contributed by atoms with E-state index in [0.717, 1.165) is 24.8 Å². The van der Waals surface area contributed by atoms with E-state index in [0.29, 0.717) is 18.7 Å². The molecule has 20 heavy (non-hydrogen) atoms. The van der Waals surface area contributed by atoms with E-state index in [1.54, 1.807) is 13.8 Å². The van der Waals surface area contributed by atoms with Crippen LogP contribution in [0, 0.1) is 24.0 Å². The number of nitrogens with zero attached hydrogens (tertiary/aromatic N) is 2. The molecule has 0 saturated carbocycles. The predicted octanol–water partition coefficient (Wildman–Crippen LogP) is 2.39. The molecule has 6 nitrogen and oxygen atoms in total. The largest absolute Gasteiger partial charge is 0.289 e. The average Bonchev–Trinajstić information content (AvgIpc) is 2.42. The first-order valence-electron chi connectivity index (χ1n) is 6.60. The van der Waals surface area contributed by atoms with Crippen LogP contribution >= 0.6 is 0 Å². The van der Waals surface area contributed by atoms with Crippen molar-refractivity contribution in [1.82, 2.24) is 4.31 Å². The molecule has 0 aliphatic carbocycles. The van der Waals surface area contributed by atoms with Gasteiger partial charge in [-0.1, -0.05) is 6.42 Å². The standard InChI is InChI=1S/C13H18N2O4S/c1-10-8-12(15(16)17)13(9-11(10)2)20(18,19)14-6-4-3-5-7-14/h8-9H,3-7H2,1-2H3. The summed E-state index contributed by atoms with van der Waals surface area (Å²) in [5.74, 6) is 0. The van der Waals surface area contributed by atoms with Crippen LogP contribution in [0.3, 0.4) is 0 Å². The van der Waals surface area contributed by atoms with Crippen molar-refractivity contribution < 1.29 is 13.3 Å². The van der Waals surface area contributed by atoms with Crippen LogP contribution < -0.4 is 0 Å². The van der Waals surface area contributed by atoms with Gasteiger partial charge in [-0.05, 0) is 43.9 Å². The van der Waals surface area contributed by atoms with Gasteiger partial charge in [0, 0.05) is 19.2 Å². The van der Waals surface area contributed by atoms with Crippen LogP contribution in [0.1, 0.15) is 30.4 Å². The van der Waals surface area contributed by atoms with Gasteiger partial charge < -0.3 is 0 Å². The number of hydrogen-bond acceptors (Lipinski definition) is 4. The minimum absolute atomic E-state index is 0.187. The van der Waals surface area contributed by atoms with E-state index < -0.39 is 14.9 Å². The van der Waals surface area contributed by atoms with Crippen molar-refractivity contribution in [3.8, 4) is 0 Å². The van der Waals surface area contributed by atoms with E-state index in [2.05, 4.69) is 0 Å². The normalized spacial score (nSPS) is 17.1. The highest BCUT2D eigenvalue weighted by Gasteiger charge is 2.32. The molecular weight excluding hydrogens is 280 g/mol. The molecule has 1 aromatic rings. The zero-order valence-corrected chi connectivity index (χ0v) is 12.4. The predicted molar refractivity (Wildman–Crippen MR) is 75.2 cm³/mol. The van der Waals surface area contributed by atoms with Crippen molar-refractivity contribution in [1.29, 1.82) is 0 Å². The molecule has 1 aliphatic rings. The average molecular weight is 298 g/mol. The maximum absolute atomic E-state index is 12.6. The lowest BCUT2D eigenvalue weighted by Gasteiger charge is -2.25. The quantitative estimate of drug-likeness (QED) is 0.634. The first kappa shape index (κ1) is 14.9. The highest BCUT2D eigenvalue weighted by molar-refractivity contribution is 7.89. The van der Waals surface area contributed by atoms with E-state index in [-0.39, 0.29) is 10.6 Å². The molecule has 7 heteroatoms. The van der Waals surface area contributed by atoms with Gasteiger partial charge in [-0.3, -0.25) is 10.1 Å². The Balaban J connectivity index is 2.55. The fourth-order valence-corrected chi connectivity index (χ4v) is 4.11. The number of benzene rings is 1. The number of aryl methyl sites for hydroxylation is 2. The van der Waals surface area contributed by atoms with Gasteiger partial charge >= 0.3 is 0 Å². The van der Waals surface area contributed by atoms with Crippen molar-refractivity contribution in [2.24, 2.45) is 0 Å². The fraction of sp³-hybridized carbons (Fsp3) is 0.538. The van der Waals surface area contributed by atoms with Gasteiger partial charge in [0.1, 0.15) is 0 Å². The molecule has 0 N–H and O–H groups in total. The first-order valence-corrected chi connectivity index (χ1v) is 8.04. The van der Waals surface area contributed by atoms with Gasteiger partial charge in [0.05, 0.1) is 4.92 Å². The van der Waals surface area contributed by atoms with Gasteiger partial charge in [0.2, 0.25) is 10.0 Å². The van der Waals surface area contributed by atoms with Crippen LogP contribution in [-0.4, -0.2) is 30.7 Å². The fourth-order valence-electron chi connectivity index (χ4n) is 2.37. The third-order valence-electron chi connectivity index (χ3n) is 3.70. The molecule has 0 atom stereocenters. The van der Waals surface area contributed by atoms with Crippen LogP contribution in [0.4, 0.5) is 5.69 Å². The summed E-state index contributed by atoms with van der Waals surface area (Å²) in [5, 5.41) is 11.1. The van der Waals surface area contributed by atoms with E-state index >= 15 is 0 Å². The Bertz CT molecular complexity index is 634. The molecule has 0 bridgehead atoms. The van der Waals surface area contributed by atoms with Crippen LogP contribution in [0.2, 0.25) is 0 Å². The monoisotopic (exact) mass is 298 g/mol. The number of sulfonamides is 1. The first-order chi connectivity index (χ1) is 9.34. The molecule has 0 unspecified atom stereocenters. The van der Waals surface area contributed by atoms with Gasteiger partial charge in [-0.15, -0.1) is 0 Å². The molecule has 0 radical (unpaired) electrons. The van der Waals surface area contributed by atoms with Crippen molar-refractivity contribution in [3.63, 3.8) is 0 Å². The van der Waals surface area contributed by atoms with E-state index in [9.17, 15) is 18.5 Å². The van der Waals surface area contributed by atoms with Crippen LogP contribution in [0.25, 0.3) is 0 Å². The van der Waals surface area contributed by atoms with Gasteiger partial charge in [0.15, 0.2) is 4.90 Å². The maximum Gasteiger partial charge on any atom is 0.289 e. The summed E-state index contributed by atoms with van der Waals surface area (Å²) in [6, 6.07) is 2.75. The van der Waals surface area contributed by atoms with Crippen LogP contribution in [0.15, 0.2) is 17.0 Å². The van der Waals surface area contributed by atoms with E-state index in [1.165, 1.54) is 16.4 Å². The summed E-state index contributed by atoms with van der Waals surface area (Å²) >= 11 is 0. The summed E-state index contributed by atoms with van der Waals surface area (Å²) in [6.45, 7) is 4.37. The van der Waals surface area contributed by atoms with Gasteiger partial charge in [-0.2, -0.15) is 4.31 Å². The molecular formula is C13H18N2O4S.